The maximum Gasteiger partial charge on any atom is 0.220 e. The van der Waals surface area contributed by atoms with Gasteiger partial charge in [-0.1, -0.05) is 29.8 Å². The summed E-state index contributed by atoms with van der Waals surface area (Å²) < 4.78 is 11.0. The van der Waals surface area contributed by atoms with Crippen LogP contribution in [0.25, 0.3) is 0 Å². The lowest BCUT2D eigenvalue weighted by Crippen LogP contribution is -2.32. The van der Waals surface area contributed by atoms with Crippen LogP contribution in [0.3, 0.4) is 0 Å². The van der Waals surface area contributed by atoms with E-state index in [2.05, 4.69) is 5.32 Å². The number of ether oxygens (including phenoxy) is 2. The number of hydrogen-bond donors (Lipinski definition) is 2. The summed E-state index contributed by atoms with van der Waals surface area (Å²) in [6, 6.07) is 7.36. The number of carbonyl (C=O) groups is 1. The summed E-state index contributed by atoms with van der Waals surface area (Å²) in [6.45, 7) is 4.33. The quantitative estimate of drug-likeness (QED) is 0.841. The van der Waals surface area contributed by atoms with Crippen LogP contribution in [0.2, 0.25) is 5.02 Å². The fraction of sp³-hybridized carbons (Fsp3) is 0.562. The molecule has 0 radical (unpaired) electrons. The van der Waals surface area contributed by atoms with Gasteiger partial charge in [-0.3, -0.25) is 4.79 Å². The molecule has 22 heavy (non-hydrogen) atoms. The summed E-state index contributed by atoms with van der Waals surface area (Å²) in [4.78, 5) is 11.8. The molecular formula is C16H22ClNO4. The number of rotatable bonds is 6. The second-order valence-electron chi connectivity index (χ2n) is 5.84. The Labute approximate surface area is 135 Å². The Morgan fingerprint density at radius 3 is 2.86 bits per heavy atom. The van der Waals surface area contributed by atoms with Crippen LogP contribution in [0, 0.1) is 0 Å². The Balaban J connectivity index is 1.71. The predicted molar refractivity (Wildman–Crippen MR) is 83.4 cm³/mol. The number of benzene rings is 1. The summed E-state index contributed by atoms with van der Waals surface area (Å²) in [5.74, 6) is -0.796. The van der Waals surface area contributed by atoms with Crippen LogP contribution in [0.15, 0.2) is 24.3 Å². The Morgan fingerprint density at radius 2 is 2.23 bits per heavy atom. The highest BCUT2D eigenvalue weighted by molar-refractivity contribution is 6.31. The van der Waals surface area contributed by atoms with Crippen molar-refractivity contribution in [2.45, 2.75) is 51.2 Å². The third-order valence-electron chi connectivity index (χ3n) is 3.56. The zero-order valence-electron chi connectivity index (χ0n) is 12.8. The lowest BCUT2D eigenvalue weighted by Gasteiger charge is -2.20. The number of amides is 1. The molecule has 1 aromatic rings. The molecule has 5 nitrogen and oxygen atoms in total. The van der Waals surface area contributed by atoms with Crippen molar-refractivity contribution >= 4 is 17.5 Å². The van der Waals surface area contributed by atoms with E-state index in [9.17, 15) is 9.90 Å². The van der Waals surface area contributed by atoms with Crippen molar-refractivity contribution in [3.63, 3.8) is 0 Å². The van der Waals surface area contributed by atoms with E-state index in [4.69, 9.17) is 21.1 Å². The van der Waals surface area contributed by atoms with Crippen molar-refractivity contribution < 1.29 is 19.4 Å². The van der Waals surface area contributed by atoms with Gasteiger partial charge in [0.2, 0.25) is 5.91 Å². The smallest absolute Gasteiger partial charge is 0.220 e. The molecule has 0 bridgehead atoms. The van der Waals surface area contributed by atoms with Crippen LogP contribution in [-0.2, 0) is 20.8 Å². The molecule has 1 aliphatic rings. The number of carbonyl (C=O) groups excluding carboxylic acids is 1. The largest absolute Gasteiger partial charge is 0.390 e. The highest BCUT2D eigenvalue weighted by atomic mass is 35.5. The van der Waals surface area contributed by atoms with E-state index in [-0.39, 0.29) is 18.4 Å². The number of aliphatic hydroxyl groups is 1. The zero-order chi connectivity index (χ0) is 16.2. The number of aliphatic hydroxyl groups excluding tert-OH is 1. The van der Waals surface area contributed by atoms with Crippen molar-refractivity contribution in [2.75, 3.05) is 6.61 Å². The van der Waals surface area contributed by atoms with Crippen molar-refractivity contribution in [1.82, 2.24) is 5.32 Å². The molecule has 2 N–H and O–H groups in total. The lowest BCUT2D eigenvalue weighted by atomic mass is 10.1. The van der Waals surface area contributed by atoms with Crippen molar-refractivity contribution in [1.29, 1.82) is 0 Å². The topological polar surface area (TPSA) is 67.8 Å². The van der Waals surface area contributed by atoms with Crippen LogP contribution in [-0.4, -0.2) is 35.6 Å². The van der Waals surface area contributed by atoms with Crippen molar-refractivity contribution in [3.05, 3.63) is 34.9 Å². The van der Waals surface area contributed by atoms with Gasteiger partial charge >= 0.3 is 0 Å². The van der Waals surface area contributed by atoms with Gasteiger partial charge in [0.15, 0.2) is 5.79 Å². The van der Waals surface area contributed by atoms with Crippen LogP contribution >= 0.6 is 11.6 Å². The van der Waals surface area contributed by atoms with Gasteiger partial charge in [-0.2, -0.15) is 0 Å². The van der Waals surface area contributed by atoms with Gasteiger partial charge in [-0.05, 0) is 31.9 Å². The average Bonchev–Trinajstić information content (AvgIpc) is 2.84. The molecule has 1 fully saturated rings. The first-order valence-electron chi connectivity index (χ1n) is 7.37. The van der Waals surface area contributed by atoms with Crippen LogP contribution in [0.4, 0.5) is 0 Å². The summed E-state index contributed by atoms with van der Waals surface area (Å²) >= 11 is 6.03. The molecule has 0 spiro atoms. The maximum atomic E-state index is 11.8. The van der Waals surface area contributed by atoms with Crippen molar-refractivity contribution in [2.24, 2.45) is 0 Å². The summed E-state index contributed by atoms with van der Waals surface area (Å²) in [6.07, 6.45) is -0.538. The van der Waals surface area contributed by atoms with E-state index in [1.165, 1.54) is 0 Å². The summed E-state index contributed by atoms with van der Waals surface area (Å²) in [7, 11) is 0. The predicted octanol–water partition coefficient (Wildman–Crippen LogP) is 2.25. The first kappa shape index (κ1) is 17.2. The molecule has 2 rings (SSSR count). The molecule has 0 saturated carbocycles. The molecule has 1 aromatic carbocycles. The minimum atomic E-state index is -0.715. The maximum absolute atomic E-state index is 11.8. The molecule has 0 unspecified atom stereocenters. The van der Waals surface area contributed by atoms with Gasteiger partial charge in [0.05, 0.1) is 12.7 Å². The Hall–Kier alpha value is -1.14. The molecule has 1 heterocycles. The SMILES string of the molecule is CC1(C)OC[C@@H]([C@H](O)CCC(=O)NCc2ccccc2Cl)O1. The molecule has 1 saturated heterocycles. The molecule has 2 atom stereocenters. The molecule has 0 aliphatic carbocycles. The van der Waals surface area contributed by atoms with Gasteiger partial charge in [-0.15, -0.1) is 0 Å². The summed E-state index contributed by atoms with van der Waals surface area (Å²) in [5, 5.41) is 13.5. The van der Waals surface area contributed by atoms with Gasteiger partial charge in [0.25, 0.3) is 0 Å². The van der Waals surface area contributed by atoms with Gasteiger partial charge in [0, 0.05) is 18.0 Å². The minimum Gasteiger partial charge on any atom is -0.390 e. The molecule has 122 valence electrons. The lowest BCUT2D eigenvalue weighted by molar-refractivity contribution is -0.151. The molecule has 1 amide bonds. The fourth-order valence-electron chi connectivity index (χ4n) is 2.29. The normalized spacial score (nSPS) is 21.5. The van der Waals surface area contributed by atoms with E-state index in [1.807, 2.05) is 18.2 Å². The van der Waals surface area contributed by atoms with Gasteiger partial charge in [0.1, 0.15) is 6.10 Å². The van der Waals surface area contributed by atoms with Crippen LogP contribution < -0.4 is 5.32 Å². The van der Waals surface area contributed by atoms with Gasteiger partial charge < -0.3 is 19.9 Å². The second-order valence-corrected chi connectivity index (χ2v) is 6.25. The minimum absolute atomic E-state index is 0.128. The average molecular weight is 328 g/mol. The zero-order valence-corrected chi connectivity index (χ0v) is 13.6. The Kier molecular flexibility index (Phi) is 5.81. The van der Waals surface area contributed by atoms with E-state index in [0.717, 1.165) is 5.56 Å². The monoisotopic (exact) mass is 327 g/mol. The number of hydrogen-bond acceptors (Lipinski definition) is 4. The number of halogens is 1. The standard InChI is InChI=1S/C16H22ClNO4/c1-16(2)21-10-14(22-16)13(19)7-8-15(20)18-9-11-5-3-4-6-12(11)17/h3-6,13-14,19H,7-10H2,1-2H3,(H,18,20)/t13-,14+/m1/s1. The van der Waals surface area contributed by atoms with Crippen molar-refractivity contribution in [3.8, 4) is 0 Å². The van der Waals surface area contributed by atoms with Crippen LogP contribution in [0.5, 0.6) is 0 Å². The van der Waals surface area contributed by atoms with Gasteiger partial charge in [-0.25, -0.2) is 0 Å². The first-order valence-corrected chi connectivity index (χ1v) is 7.75. The van der Waals surface area contributed by atoms with E-state index >= 15 is 0 Å². The summed E-state index contributed by atoms with van der Waals surface area (Å²) in [5.41, 5.74) is 0.868. The second kappa shape index (κ2) is 7.42. The third-order valence-corrected chi connectivity index (χ3v) is 3.93. The number of nitrogens with one attached hydrogen (secondary N) is 1. The molecule has 6 heteroatoms. The van der Waals surface area contributed by atoms with E-state index in [0.29, 0.717) is 24.6 Å². The first-order chi connectivity index (χ1) is 10.4. The molecular weight excluding hydrogens is 306 g/mol. The highest BCUT2D eigenvalue weighted by Gasteiger charge is 2.36. The highest BCUT2D eigenvalue weighted by Crippen LogP contribution is 2.25. The van der Waals surface area contributed by atoms with Crippen LogP contribution in [0.1, 0.15) is 32.3 Å². The van der Waals surface area contributed by atoms with E-state index in [1.54, 1.807) is 19.9 Å². The molecule has 0 aromatic heterocycles. The molecule has 1 aliphatic heterocycles. The Bertz CT molecular complexity index is 521. The fourth-order valence-corrected chi connectivity index (χ4v) is 2.50. The Morgan fingerprint density at radius 1 is 1.50 bits per heavy atom. The third kappa shape index (κ3) is 4.95. The van der Waals surface area contributed by atoms with E-state index < -0.39 is 11.9 Å².